The van der Waals surface area contributed by atoms with E-state index < -0.39 is 21.9 Å². The van der Waals surface area contributed by atoms with E-state index in [0.717, 1.165) is 4.31 Å². The van der Waals surface area contributed by atoms with Crippen LogP contribution in [0.15, 0.2) is 22.7 Å². The van der Waals surface area contributed by atoms with Crippen molar-refractivity contribution < 1.29 is 18.3 Å². The minimum Gasteiger partial charge on any atom is -0.481 e. The van der Waals surface area contributed by atoms with Crippen LogP contribution in [0.2, 0.25) is 5.02 Å². The van der Waals surface area contributed by atoms with Crippen LogP contribution in [-0.2, 0) is 20.6 Å². The molecular formula is C12H15BrClNO4S. The van der Waals surface area contributed by atoms with E-state index in [-0.39, 0.29) is 12.3 Å². The van der Waals surface area contributed by atoms with E-state index in [1.165, 1.54) is 14.0 Å². The van der Waals surface area contributed by atoms with Crippen molar-refractivity contribution in [3.8, 4) is 0 Å². The Kier molecular flexibility index (Phi) is 6.00. The van der Waals surface area contributed by atoms with Gasteiger partial charge in [-0.15, -0.1) is 0 Å². The molecule has 0 saturated heterocycles. The lowest BCUT2D eigenvalue weighted by atomic mass is 10.2. The maximum absolute atomic E-state index is 12.2. The zero-order valence-corrected chi connectivity index (χ0v) is 14.2. The number of hydrogen-bond acceptors (Lipinski definition) is 3. The van der Waals surface area contributed by atoms with Crippen molar-refractivity contribution in [2.75, 3.05) is 13.6 Å². The van der Waals surface area contributed by atoms with E-state index in [9.17, 15) is 13.2 Å². The van der Waals surface area contributed by atoms with Crippen LogP contribution in [0.4, 0.5) is 0 Å². The first kappa shape index (κ1) is 17.4. The van der Waals surface area contributed by atoms with Gasteiger partial charge >= 0.3 is 5.97 Å². The predicted molar refractivity (Wildman–Crippen MR) is 81.2 cm³/mol. The Balaban J connectivity index is 2.86. The Labute approximate surface area is 131 Å². The Morgan fingerprint density at radius 2 is 2.10 bits per heavy atom. The molecule has 0 aliphatic carbocycles. The number of hydrogen-bond donors (Lipinski definition) is 1. The van der Waals surface area contributed by atoms with Crippen LogP contribution in [0.25, 0.3) is 0 Å². The molecule has 20 heavy (non-hydrogen) atoms. The highest BCUT2D eigenvalue weighted by Crippen LogP contribution is 2.24. The number of benzene rings is 1. The second-order valence-electron chi connectivity index (χ2n) is 4.51. The normalized spacial score (nSPS) is 13.4. The van der Waals surface area contributed by atoms with Crippen molar-refractivity contribution in [2.24, 2.45) is 5.92 Å². The van der Waals surface area contributed by atoms with Crippen LogP contribution in [0.5, 0.6) is 0 Å². The summed E-state index contributed by atoms with van der Waals surface area (Å²) in [5.74, 6) is -2.00. The Bertz CT molecular complexity index is 605. The molecule has 0 aliphatic rings. The van der Waals surface area contributed by atoms with Gasteiger partial charge in [-0.25, -0.2) is 12.7 Å². The molecule has 0 radical (unpaired) electrons. The molecule has 0 spiro atoms. The maximum atomic E-state index is 12.2. The van der Waals surface area contributed by atoms with E-state index in [4.69, 9.17) is 16.7 Å². The lowest BCUT2D eigenvalue weighted by Crippen LogP contribution is -2.34. The summed E-state index contributed by atoms with van der Waals surface area (Å²) in [6.45, 7) is 1.40. The zero-order valence-electron chi connectivity index (χ0n) is 11.0. The molecule has 1 aromatic rings. The molecule has 0 amide bonds. The van der Waals surface area contributed by atoms with Gasteiger partial charge in [-0.3, -0.25) is 4.79 Å². The van der Waals surface area contributed by atoms with Crippen LogP contribution in [0, 0.1) is 5.92 Å². The number of nitrogens with zero attached hydrogens (tertiary/aromatic N) is 1. The highest BCUT2D eigenvalue weighted by molar-refractivity contribution is 9.10. The van der Waals surface area contributed by atoms with Crippen molar-refractivity contribution >= 4 is 43.5 Å². The van der Waals surface area contributed by atoms with Crippen molar-refractivity contribution in [1.29, 1.82) is 0 Å². The number of halogens is 2. The van der Waals surface area contributed by atoms with Crippen molar-refractivity contribution in [3.05, 3.63) is 33.3 Å². The molecule has 0 heterocycles. The molecule has 1 atom stereocenters. The number of rotatable bonds is 6. The molecule has 1 unspecified atom stereocenters. The first-order valence-corrected chi connectivity index (χ1v) is 8.52. The molecule has 1 aromatic carbocycles. The molecule has 0 bridgehead atoms. The molecule has 8 heteroatoms. The van der Waals surface area contributed by atoms with Crippen molar-refractivity contribution in [2.45, 2.75) is 12.7 Å². The molecule has 0 saturated carbocycles. The van der Waals surface area contributed by atoms with Gasteiger partial charge in [-0.2, -0.15) is 0 Å². The highest BCUT2D eigenvalue weighted by Gasteiger charge is 2.24. The topological polar surface area (TPSA) is 74.7 Å². The number of carboxylic acids is 1. The first-order valence-electron chi connectivity index (χ1n) is 5.74. The fourth-order valence-corrected chi connectivity index (χ4v) is 3.85. The second-order valence-corrected chi connectivity index (χ2v) is 7.88. The Hall–Kier alpha value is -0.630. The van der Waals surface area contributed by atoms with E-state index in [1.807, 2.05) is 0 Å². The molecular weight excluding hydrogens is 370 g/mol. The highest BCUT2D eigenvalue weighted by atomic mass is 79.9. The quantitative estimate of drug-likeness (QED) is 0.818. The van der Waals surface area contributed by atoms with Gasteiger partial charge in [0.2, 0.25) is 10.0 Å². The summed E-state index contributed by atoms with van der Waals surface area (Å²) in [4.78, 5) is 10.8. The van der Waals surface area contributed by atoms with Gasteiger partial charge in [0.05, 0.1) is 11.7 Å². The molecule has 0 aromatic heterocycles. The van der Waals surface area contributed by atoms with E-state index in [0.29, 0.717) is 15.1 Å². The van der Waals surface area contributed by atoms with Gasteiger partial charge in [0.25, 0.3) is 0 Å². The fourth-order valence-electron chi connectivity index (χ4n) is 1.52. The van der Waals surface area contributed by atoms with E-state index in [2.05, 4.69) is 15.9 Å². The average molecular weight is 385 g/mol. The average Bonchev–Trinajstić information content (AvgIpc) is 2.32. The summed E-state index contributed by atoms with van der Waals surface area (Å²) in [7, 11) is -2.21. The maximum Gasteiger partial charge on any atom is 0.307 e. The second kappa shape index (κ2) is 6.89. The molecule has 112 valence electrons. The predicted octanol–water partition coefficient (Wildman–Crippen LogP) is 2.58. The van der Waals surface area contributed by atoms with Gasteiger partial charge in [0.15, 0.2) is 0 Å². The van der Waals surface area contributed by atoms with Gasteiger partial charge < -0.3 is 5.11 Å². The van der Waals surface area contributed by atoms with Crippen LogP contribution in [0.1, 0.15) is 12.5 Å². The lowest BCUT2D eigenvalue weighted by molar-refractivity contribution is -0.141. The number of carbonyl (C=O) groups is 1. The smallest absolute Gasteiger partial charge is 0.307 e. The van der Waals surface area contributed by atoms with Crippen molar-refractivity contribution in [3.63, 3.8) is 0 Å². The first-order chi connectivity index (χ1) is 9.13. The van der Waals surface area contributed by atoms with Gasteiger partial charge in [-0.1, -0.05) is 40.5 Å². The standard InChI is InChI=1S/C12H15BrClNO4S/c1-8(12(16)17)6-15(2)20(18,19)7-9-3-4-10(14)5-11(9)13/h3-5,8H,6-7H2,1-2H3,(H,16,17). The van der Waals surface area contributed by atoms with Crippen molar-refractivity contribution in [1.82, 2.24) is 4.31 Å². The zero-order chi connectivity index (χ0) is 15.5. The third-order valence-electron chi connectivity index (χ3n) is 2.78. The Morgan fingerprint density at radius 3 is 2.60 bits per heavy atom. The minimum absolute atomic E-state index is 0.0666. The fraction of sp³-hybridized carbons (Fsp3) is 0.417. The third-order valence-corrected chi connectivity index (χ3v) is 5.53. The van der Waals surface area contributed by atoms with Gasteiger partial charge in [-0.05, 0) is 17.7 Å². The molecule has 5 nitrogen and oxygen atoms in total. The number of sulfonamides is 1. The molecule has 1 rings (SSSR count). The van der Waals surface area contributed by atoms with Crippen LogP contribution >= 0.6 is 27.5 Å². The summed E-state index contributed by atoms with van der Waals surface area (Å²) < 4.78 is 26.0. The SMILES string of the molecule is CC(CN(C)S(=O)(=O)Cc1ccc(Cl)cc1Br)C(=O)O. The monoisotopic (exact) mass is 383 g/mol. The van der Waals surface area contributed by atoms with Crippen LogP contribution in [0.3, 0.4) is 0 Å². The van der Waals surface area contributed by atoms with Crippen LogP contribution < -0.4 is 0 Å². The number of carboxylic acid groups (broad SMARTS) is 1. The van der Waals surface area contributed by atoms with Crippen LogP contribution in [-0.4, -0.2) is 37.4 Å². The third kappa shape index (κ3) is 4.73. The summed E-state index contributed by atoms with van der Waals surface area (Å²) in [6, 6.07) is 4.85. The summed E-state index contributed by atoms with van der Waals surface area (Å²) >= 11 is 9.06. The van der Waals surface area contributed by atoms with Gasteiger partial charge in [0.1, 0.15) is 0 Å². The number of aliphatic carboxylic acids is 1. The van der Waals surface area contributed by atoms with Gasteiger partial charge in [0, 0.05) is 23.1 Å². The molecule has 1 N–H and O–H groups in total. The molecule has 0 aliphatic heterocycles. The summed E-state index contributed by atoms with van der Waals surface area (Å²) in [5, 5.41) is 9.32. The Morgan fingerprint density at radius 1 is 1.50 bits per heavy atom. The minimum atomic E-state index is -3.58. The lowest BCUT2D eigenvalue weighted by Gasteiger charge is -2.19. The largest absolute Gasteiger partial charge is 0.481 e. The molecule has 0 fully saturated rings. The van der Waals surface area contributed by atoms with E-state index >= 15 is 0 Å². The summed E-state index contributed by atoms with van der Waals surface area (Å²) in [6.07, 6.45) is 0. The summed E-state index contributed by atoms with van der Waals surface area (Å²) in [5.41, 5.74) is 0.573. The van der Waals surface area contributed by atoms with E-state index in [1.54, 1.807) is 18.2 Å².